The zero-order valence-electron chi connectivity index (χ0n) is 13.8. The average molecular weight is 382 g/mol. The molecule has 2 aliphatic rings. The second kappa shape index (κ2) is 9.09. The third-order valence-electron chi connectivity index (χ3n) is 4.30. The largest absolute Gasteiger partial charge is 0.394 e. The fourth-order valence-electron chi connectivity index (χ4n) is 2.78. The molecule has 0 radical (unpaired) electrons. The lowest BCUT2D eigenvalue weighted by Gasteiger charge is -2.45. The Hall–Kier alpha value is -0.270. The molecule has 2 fully saturated rings. The molecular formula is C15H26O9S. The lowest BCUT2D eigenvalue weighted by molar-refractivity contribution is -0.314. The van der Waals surface area contributed by atoms with Gasteiger partial charge < -0.3 is 44.8 Å². The molecule has 2 rings (SSSR count). The predicted octanol–water partition coefficient (Wildman–Crippen LogP) is -2.44. The Balaban J connectivity index is 2.13. The fraction of sp³-hybridized carbons (Fsp3) is 0.867. The van der Waals surface area contributed by atoms with E-state index < -0.39 is 66.3 Å². The van der Waals surface area contributed by atoms with Gasteiger partial charge in [0.15, 0.2) is 6.29 Å². The minimum atomic E-state index is -1.45. The molecule has 9 nitrogen and oxygen atoms in total. The maximum absolute atomic E-state index is 10.3. The van der Waals surface area contributed by atoms with E-state index in [2.05, 4.69) is 6.58 Å². The van der Waals surface area contributed by atoms with Crippen LogP contribution in [0.2, 0.25) is 0 Å². The van der Waals surface area contributed by atoms with Gasteiger partial charge in [-0.1, -0.05) is 13.0 Å². The van der Waals surface area contributed by atoms with Crippen LogP contribution in [0.1, 0.15) is 6.92 Å². The highest BCUT2D eigenvalue weighted by Gasteiger charge is 2.49. The van der Waals surface area contributed by atoms with Crippen LogP contribution in [-0.4, -0.2) is 104 Å². The first kappa shape index (κ1) is 21.0. The molecule has 0 saturated carbocycles. The predicted molar refractivity (Wildman–Crippen MR) is 87.6 cm³/mol. The first-order chi connectivity index (χ1) is 11.8. The van der Waals surface area contributed by atoms with Gasteiger partial charge in [-0.05, 0) is 0 Å². The fourth-order valence-corrected chi connectivity index (χ4v) is 4.04. The van der Waals surface area contributed by atoms with Gasteiger partial charge >= 0.3 is 0 Å². The van der Waals surface area contributed by atoms with Crippen LogP contribution in [0.4, 0.5) is 0 Å². The summed E-state index contributed by atoms with van der Waals surface area (Å²) >= 11 is 1.08. The normalized spacial score (nSPS) is 48.3. The number of aliphatic hydroxyl groups is 6. The van der Waals surface area contributed by atoms with Crippen LogP contribution in [0.5, 0.6) is 0 Å². The Bertz CT molecular complexity index is 439. The Morgan fingerprint density at radius 2 is 1.72 bits per heavy atom. The van der Waals surface area contributed by atoms with Gasteiger partial charge in [0.25, 0.3) is 0 Å². The second-order valence-electron chi connectivity index (χ2n) is 6.11. The third-order valence-corrected chi connectivity index (χ3v) is 5.67. The molecule has 10 atom stereocenters. The van der Waals surface area contributed by atoms with Crippen molar-refractivity contribution >= 4 is 11.8 Å². The van der Waals surface area contributed by atoms with Crippen molar-refractivity contribution in [2.45, 2.75) is 66.6 Å². The maximum atomic E-state index is 10.3. The highest BCUT2D eigenvalue weighted by Crippen LogP contribution is 2.36. The summed E-state index contributed by atoms with van der Waals surface area (Å²) in [5.74, 6) is 0. The van der Waals surface area contributed by atoms with Crippen molar-refractivity contribution in [1.29, 1.82) is 0 Å². The number of hydrogen-bond donors (Lipinski definition) is 6. The summed E-state index contributed by atoms with van der Waals surface area (Å²) in [6, 6.07) is 0. The summed E-state index contributed by atoms with van der Waals surface area (Å²) in [6.45, 7) is 4.72. The average Bonchev–Trinajstić information content (AvgIpc) is 2.60. The molecule has 0 spiro atoms. The minimum absolute atomic E-state index is 0.0730. The van der Waals surface area contributed by atoms with Crippen LogP contribution >= 0.6 is 11.8 Å². The molecule has 146 valence electrons. The third kappa shape index (κ3) is 4.53. The van der Waals surface area contributed by atoms with E-state index >= 15 is 0 Å². The summed E-state index contributed by atoms with van der Waals surface area (Å²) in [4.78, 5) is 0. The monoisotopic (exact) mass is 382 g/mol. The Morgan fingerprint density at radius 3 is 2.32 bits per heavy atom. The van der Waals surface area contributed by atoms with Gasteiger partial charge in [-0.3, -0.25) is 0 Å². The topological polar surface area (TPSA) is 149 Å². The lowest BCUT2D eigenvalue weighted by atomic mass is 9.99. The Kier molecular flexibility index (Phi) is 7.65. The molecule has 0 aromatic carbocycles. The van der Waals surface area contributed by atoms with Crippen molar-refractivity contribution in [2.75, 3.05) is 13.2 Å². The molecular weight excluding hydrogens is 356 g/mol. The van der Waals surface area contributed by atoms with E-state index in [4.69, 9.17) is 14.2 Å². The molecule has 0 aromatic heterocycles. The molecule has 10 heteroatoms. The number of ether oxygens (including phenoxy) is 3. The SMILES string of the molecule is C=CCO[C@@H]1O[C@H](CO)[C@@H](O)[C@H](O)[C@H]1O[C@@H]1S[C@@H](C)[C@@H](O)[C@@H](O)[C@@H]1O. The van der Waals surface area contributed by atoms with Crippen molar-refractivity contribution in [2.24, 2.45) is 0 Å². The van der Waals surface area contributed by atoms with Crippen molar-refractivity contribution in [3.05, 3.63) is 12.7 Å². The summed E-state index contributed by atoms with van der Waals surface area (Å²) < 4.78 is 16.5. The van der Waals surface area contributed by atoms with Crippen molar-refractivity contribution in [1.82, 2.24) is 0 Å². The summed E-state index contributed by atoms with van der Waals surface area (Å²) in [7, 11) is 0. The first-order valence-corrected chi connectivity index (χ1v) is 8.96. The molecule has 0 amide bonds. The van der Waals surface area contributed by atoms with Crippen LogP contribution in [0.15, 0.2) is 12.7 Å². The lowest BCUT2D eigenvalue weighted by Crippen LogP contribution is -2.62. The van der Waals surface area contributed by atoms with Gasteiger partial charge in [0.2, 0.25) is 0 Å². The molecule has 6 N–H and O–H groups in total. The molecule has 0 aliphatic carbocycles. The van der Waals surface area contributed by atoms with E-state index in [1.165, 1.54) is 6.08 Å². The molecule has 0 aromatic rings. The van der Waals surface area contributed by atoms with E-state index in [0.29, 0.717) is 0 Å². The van der Waals surface area contributed by atoms with Gasteiger partial charge in [-0.25, -0.2) is 0 Å². The number of thioether (sulfide) groups is 1. The summed E-state index contributed by atoms with van der Waals surface area (Å²) in [5, 5.41) is 59.1. The van der Waals surface area contributed by atoms with Crippen molar-refractivity contribution < 1.29 is 44.8 Å². The Morgan fingerprint density at radius 1 is 1.04 bits per heavy atom. The van der Waals surface area contributed by atoms with E-state index in [1.54, 1.807) is 6.92 Å². The number of rotatable bonds is 6. The van der Waals surface area contributed by atoms with E-state index in [9.17, 15) is 30.6 Å². The Labute approximate surface area is 149 Å². The van der Waals surface area contributed by atoms with Crippen LogP contribution in [-0.2, 0) is 14.2 Å². The smallest absolute Gasteiger partial charge is 0.187 e. The van der Waals surface area contributed by atoms with Crippen LogP contribution in [0.25, 0.3) is 0 Å². The molecule has 0 bridgehead atoms. The molecule has 2 heterocycles. The highest BCUT2D eigenvalue weighted by atomic mass is 32.2. The van der Waals surface area contributed by atoms with E-state index in [-0.39, 0.29) is 6.61 Å². The van der Waals surface area contributed by atoms with Gasteiger partial charge in [0.05, 0.1) is 19.3 Å². The standard InChI is InChI=1S/C15H26O9S/c1-3-4-22-14-13(11(20)9(18)7(5-16)23-14)24-15-12(21)10(19)8(17)6(2)25-15/h3,6-21H,1,4-5H2,2H3/t6-,7+,8+,9+,10+,11-,12-,13+,14+,15+/m0/s1. The summed E-state index contributed by atoms with van der Waals surface area (Å²) in [6.07, 6.45) is -8.71. The zero-order valence-corrected chi connectivity index (χ0v) is 14.6. The zero-order chi connectivity index (χ0) is 18.7. The van der Waals surface area contributed by atoms with E-state index in [0.717, 1.165) is 11.8 Å². The van der Waals surface area contributed by atoms with Crippen LogP contribution in [0.3, 0.4) is 0 Å². The summed E-state index contributed by atoms with van der Waals surface area (Å²) in [5.41, 5.74) is -0.982. The second-order valence-corrected chi connectivity index (χ2v) is 7.59. The van der Waals surface area contributed by atoms with Gasteiger partial charge in [0.1, 0.15) is 42.1 Å². The van der Waals surface area contributed by atoms with Crippen LogP contribution in [0, 0.1) is 0 Å². The molecule has 0 unspecified atom stereocenters. The van der Waals surface area contributed by atoms with Gasteiger partial charge in [-0.15, -0.1) is 18.3 Å². The van der Waals surface area contributed by atoms with E-state index in [1.807, 2.05) is 0 Å². The van der Waals surface area contributed by atoms with Crippen molar-refractivity contribution in [3.63, 3.8) is 0 Å². The number of hydrogen-bond acceptors (Lipinski definition) is 10. The number of aliphatic hydroxyl groups excluding tert-OH is 6. The minimum Gasteiger partial charge on any atom is -0.394 e. The quantitative estimate of drug-likeness (QED) is 0.274. The maximum Gasteiger partial charge on any atom is 0.187 e. The van der Waals surface area contributed by atoms with Gasteiger partial charge in [0, 0.05) is 5.25 Å². The molecule has 2 saturated heterocycles. The first-order valence-electron chi connectivity index (χ1n) is 8.01. The van der Waals surface area contributed by atoms with Crippen molar-refractivity contribution in [3.8, 4) is 0 Å². The molecule has 2 aliphatic heterocycles. The van der Waals surface area contributed by atoms with Crippen LogP contribution < -0.4 is 0 Å². The highest BCUT2D eigenvalue weighted by molar-refractivity contribution is 8.00. The van der Waals surface area contributed by atoms with Gasteiger partial charge in [-0.2, -0.15) is 0 Å². The molecule has 25 heavy (non-hydrogen) atoms.